The number of fused-ring (bicyclic) bond motifs is 1. The van der Waals surface area contributed by atoms with E-state index in [9.17, 15) is 4.79 Å². The molecule has 1 saturated heterocycles. The smallest absolute Gasteiger partial charge is 0.274 e. The third-order valence-electron chi connectivity index (χ3n) is 4.99. The Hall–Kier alpha value is -2.60. The second-order valence-corrected chi connectivity index (χ2v) is 6.97. The van der Waals surface area contributed by atoms with Gasteiger partial charge in [-0.15, -0.1) is 0 Å². The number of anilines is 1. The van der Waals surface area contributed by atoms with E-state index in [1.165, 1.54) is 16.8 Å². The summed E-state index contributed by atoms with van der Waals surface area (Å²) in [5, 5.41) is 4.51. The molecule has 0 saturated carbocycles. The van der Waals surface area contributed by atoms with E-state index in [-0.39, 0.29) is 5.91 Å². The molecule has 4 rings (SSSR count). The van der Waals surface area contributed by atoms with Gasteiger partial charge >= 0.3 is 0 Å². The van der Waals surface area contributed by atoms with Gasteiger partial charge in [0.25, 0.3) is 5.91 Å². The van der Waals surface area contributed by atoms with Gasteiger partial charge in [0.05, 0.1) is 6.20 Å². The average Bonchev–Trinajstić information content (AvgIpc) is 3.07. The second kappa shape index (κ2) is 6.61. The number of carbonyl (C=O) groups is 1. The van der Waals surface area contributed by atoms with Crippen LogP contribution in [0.25, 0.3) is 5.65 Å². The van der Waals surface area contributed by atoms with Gasteiger partial charge in [0.2, 0.25) is 0 Å². The minimum atomic E-state index is -0.0627. The Kier molecular flexibility index (Phi) is 4.28. The lowest BCUT2D eigenvalue weighted by molar-refractivity contribution is 0.0741. The highest BCUT2D eigenvalue weighted by Gasteiger charge is 2.25. The van der Waals surface area contributed by atoms with Crippen molar-refractivity contribution >= 4 is 28.8 Å². The SMILES string of the molecule is Cc1cccc(N2CCN(C(=O)c3cn4nc(Cl)ccc4n3)CC2)c1C. The Morgan fingerprint density at radius 1 is 1.08 bits per heavy atom. The topological polar surface area (TPSA) is 53.7 Å². The Labute approximate surface area is 157 Å². The summed E-state index contributed by atoms with van der Waals surface area (Å²) < 4.78 is 1.54. The lowest BCUT2D eigenvalue weighted by atomic mass is 10.1. The van der Waals surface area contributed by atoms with Crippen LogP contribution < -0.4 is 4.90 Å². The zero-order chi connectivity index (χ0) is 18.3. The van der Waals surface area contributed by atoms with Crippen LogP contribution in [-0.2, 0) is 0 Å². The molecule has 0 aliphatic carbocycles. The monoisotopic (exact) mass is 369 g/mol. The largest absolute Gasteiger partial charge is 0.368 e. The number of nitrogens with zero attached hydrogens (tertiary/aromatic N) is 5. The normalized spacial score (nSPS) is 14.9. The van der Waals surface area contributed by atoms with Crippen LogP contribution in [0.3, 0.4) is 0 Å². The van der Waals surface area contributed by atoms with Crippen molar-refractivity contribution in [2.24, 2.45) is 0 Å². The van der Waals surface area contributed by atoms with E-state index in [0.717, 1.165) is 13.1 Å². The fourth-order valence-corrected chi connectivity index (χ4v) is 3.50. The standard InChI is InChI=1S/C19H20ClN5O/c1-13-4-3-5-16(14(13)2)23-8-10-24(11-9-23)19(26)15-12-25-18(21-15)7-6-17(20)22-25/h3-7,12H,8-11H2,1-2H3. The minimum Gasteiger partial charge on any atom is -0.368 e. The van der Waals surface area contributed by atoms with Crippen LogP contribution in [0.15, 0.2) is 36.5 Å². The van der Waals surface area contributed by atoms with Gasteiger partial charge in [0.15, 0.2) is 5.65 Å². The van der Waals surface area contributed by atoms with Crippen LogP contribution in [0.1, 0.15) is 21.6 Å². The molecule has 6 nitrogen and oxygen atoms in total. The number of hydrogen-bond acceptors (Lipinski definition) is 4. The fourth-order valence-electron chi connectivity index (χ4n) is 3.35. The van der Waals surface area contributed by atoms with Crippen molar-refractivity contribution in [3.63, 3.8) is 0 Å². The molecule has 1 fully saturated rings. The number of aromatic nitrogens is 3. The molecule has 1 aliphatic rings. The molecule has 0 spiro atoms. The molecule has 2 aromatic heterocycles. The molecule has 0 atom stereocenters. The molecule has 1 aromatic carbocycles. The van der Waals surface area contributed by atoms with Gasteiger partial charge in [-0.25, -0.2) is 9.50 Å². The first kappa shape index (κ1) is 16.8. The second-order valence-electron chi connectivity index (χ2n) is 6.58. The first-order valence-corrected chi connectivity index (χ1v) is 9.03. The van der Waals surface area contributed by atoms with Gasteiger partial charge in [-0.2, -0.15) is 5.10 Å². The van der Waals surface area contributed by atoms with Crippen LogP contribution in [0.4, 0.5) is 5.69 Å². The number of halogens is 1. The van der Waals surface area contributed by atoms with Crippen LogP contribution in [0.2, 0.25) is 5.15 Å². The Morgan fingerprint density at radius 3 is 2.62 bits per heavy atom. The molecule has 134 valence electrons. The molecule has 26 heavy (non-hydrogen) atoms. The van der Waals surface area contributed by atoms with Crippen molar-refractivity contribution in [2.75, 3.05) is 31.1 Å². The van der Waals surface area contributed by atoms with E-state index in [1.807, 2.05) is 4.90 Å². The number of hydrogen-bond donors (Lipinski definition) is 0. The van der Waals surface area contributed by atoms with Gasteiger partial charge in [-0.3, -0.25) is 4.79 Å². The van der Waals surface area contributed by atoms with Crippen molar-refractivity contribution < 1.29 is 4.79 Å². The highest BCUT2D eigenvalue weighted by atomic mass is 35.5. The molecular formula is C19H20ClN5O. The Morgan fingerprint density at radius 2 is 1.85 bits per heavy atom. The van der Waals surface area contributed by atoms with Gasteiger partial charge in [-0.1, -0.05) is 23.7 Å². The van der Waals surface area contributed by atoms with Crippen molar-refractivity contribution in [1.29, 1.82) is 0 Å². The predicted octanol–water partition coefficient (Wildman–Crippen LogP) is 2.96. The first-order chi connectivity index (χ1) is 12.5. The molecule has 1 aliphatic heterocycles. The number of carbonyl (C=O) groups excluding carboxylic acids is 1. The fraction of sp³-hybridized carbons (Fsp3) is 0.316. The van der Waals surface area contributed by atoms with Crippen molar-refractivity contribution in [2.45, 2.75) is 13.8 Å². The zero-order valence-electron chi connectivity index (χ0n) is 14.8. The highest BCUT2D eigenvalue weighted by molar-refractivity contribution is 6.29. The van der Waals surface area contributed by atoms with Gasteiger partial charge < -0.3 is 9.80 Å². The maximum atomic E-state index is 12.8. The third kappa shape index (κ3) is 3.01. The Bertz CT molecular complexity index is 975. The third-order valence-corrected chi connectivity index (χ3v) is 5.19. The molecule has 0 unspecified atom stereocenters. The van der Waals surface area contributed by atoms with E-state index < -0.39 is 0 Å². The summed E-state index contributed by atoms with van der Waals surface area (Å²) in [4.78, 5) is 21.4. The summed E-state index contributed by atoms with van der Waals surface area (Å²) in [5.41, 5.74) is 4.86. The van der Waals surface area contributed by atoms with Crippen LogP contribution in [0, 0.1) is 13.8 Å². The number of rotatable bonds is 2. The molecule has 0 bridgehead atoms. The van der Waals surface area contributed by atoms with Crippen molar-refractivity contribution in [1.82, 2.24) is 19.5 Å². The molecule has 0 radical (unpaired) electrons. The predicted molar refractivity (Wildman–Crippen MR) is 102 cm³/mol. The summed E-state index contributed by atoms with van der Waals surface area (Å²) in [6, 6.07) is 9.79. The number of piperazine rings is 1. The number of imidazole rings is 1. The maximum absolute atomic E-state index is 12.8. The van der Waals surface area contributed by atoms with E-state index in [1.54, 1.807) is 22.8 Å². The minimum absolute atomic E-state index is 0.0627. The lowest BCUT2D eigenvalue weighted by Gasteiger charge is -2.36. The molecule has 3 heterocycles. The Balaban J connectivity index is 1.48. The maximum Gasteiger partial charge on any atom is 0.274 e. The van der Waals surface area contributed by atoms with E-state index in [2.05, 4.69) is 47.0 Å². The average molecular weight is 370 g/mol. The molecule has 3 aromatic rings. The highest BCUT2D eigenvalue weighted by Crippen LogP contribution is 2.24. The summed E-state index contributed by atoms with van der Waals surface area (Å²) in [6.45, 7) is 7.25. The van der Waals surface area contributed by atoms with Gasteiger partial charge in [0.1, 0.15) is 10.8 Å². The summed E-state index contributed by atoms with van der Waals surface area (Å²) in [7, 11) is 0. The molecule has 1 amide bonds. The quantitative estimate of drug-likeness (QED) is 0.697. The van der Waals surface area contributed by atoms with E-state index >= 15 is 0 Å². The van der Waals surface area contributed by atoms with E-state index in [0.29, 0.717) is 29.6 Å². The van der Waals surface area contributed by atoms with Crippen LogP contribution in [0.5, 0.6) is 0 Å². The summed E-state index contributed by atoms with van der Waals surface area (Å²) >= 11 is 5.89. The van der Waals surface area contributed by atoms with Gasteiger partial charge in [-0.05, 0) is 43.2 Å². The number of amides is 1. The molecule has 7 heteroatoms. The lowest BCUT2D eigenvalue weighted by Crippen LogP contribution is -2.49. The van der Waals surface area contributed by atoms with E-state index in [4.69, 9.17) is 11.6 Å². The van der Waals surface area contributed by atoms with Gasteiger partial charge in [0, 0.05) is 31.9 Å². The zero-order valence-corrected chi connectivity index (χ0v) is 15.6. The van der Waals surface area contributed by atoms with Crippen LogP contribution >= 0.6 is 11.6 Å². The molecule has 0 N–H and O–H groups in total. The number of aryl methyl sites for hydroxylation is 1. The van der Waals surface area contributed by atoms with Crippen LogP contribution in [-0.4, -0.2) is 51.6 Å². The number of benzene rings is 1. The summed E-state index contributed by atoms with van der Waals surface area (Å²) in [6.07, 6.45) is 1.64. The first-order valence-electron chi connectivity index (χ1n) is 8.65. The van der Waals surface area contributed by atoms with Crippen molar-refractivity contribution in [3.8, 4) is 0 Å². The summed E-state index contributed by atoms with van der Waals surface area (Å²) in [5.74, 6) is -0.0627. The van der Waals surface area contributed by atoms with Crippen molar-refractivity contribution in [3.05, 3.63) is 58.5 Å². The molecular weight excluding hydrogens is 350 g/mol.